The van der Waals surface area contributed by atoms with E-state index < -0.39 is 0 Å². The number of likely N-dealkylation sites (tertiary alicyclic amines) is 1. The minimum Gasteiger partial charge on any atom is -0.372 e. The molecule has 2 aliphatic heterocycles. The summed E-state index contributed by atoms with van der Waals surface area (Å²) >= 11 is 0. The van der Waals surface area contributed by atoms with Gasteiger partial charge < -0.3 is 14.5 Å². The molecule has 5 nitrogen and oxygen atoms in total. The van der Waals surface area contributed by atoms with Crippen LogP contribution in [0.15, 0.2) is 24.3 Å². The van der Waals surface area contributed by atoms with Crippen LogP contribution in [-0.2, 0) is 4.74 Å². The van der Waals surface area contributed by atoms with Crippen LogP contribution in [0.4, 0.5) is 0 Å². The predicted molar refractivity (Wildman–Crippen MR) is 106 cm³/mol. The monoisotopic (exact) mass is 364 g/mol. The Hall–Kier alpha value is -2.50. The molecule has 0 radical (unpaired) electrons. The van der Waals surface area contributed by atoms with E-state index in [4.69, 9.17) is 16.6 Å². The lowest BCUT2D eigenvalue weighted by Crippen LogP contribution is -2.50. The summed E-state index contributed by atoms with van der Waals surface area (Å²) < 4.78 is 5.94. The number of nitrogens with zero attached hydrogens (tertiary/aromatic N) is 4. The molecule has 2 atom stereocenters. The average molecular weight is 364 g/mol. The molecule has 142 valence electrons. The molecule has 2 fully saturated rings. The smallest absolute Gasteiger partial charge is 0.268 e. The van der Waals surface area contributed by atoms with Crippen molar-refractivity contribution >= 4 is 11.5 Å². The van der Waals surface area contributed by atoms with E-state index in [2.05, 4.69) is 47.5 Å². The fourth-order valence-electron chi connectivity index (χ4n) is 4.07. The molecule has 2 heterocycles. The summed E-state index contributed by atoms with van der Waals surface area (Å²) in [6.07, 6.45) is 2.82. The number of hydrogen-bond donors (Lipinski definition) is 0. The van der Waals surface area contributed by atoms with Crippen molar-refractivity contribution in [2.45, 2.75) is 45.8 Å². The highest BCUT2D eigenvalue weighted by atomic mass is 16.5. The van der Waals surface area contributed by atoms with Gasteiger partial charge in [0.05, 0.1) is 24.8 Å². The molecule has 0 spiro atoms. The molecular weight excluding hydrogens is 336 g/mol. The maximum absolute atomic E-state index is 9.11. The highest BCUT2D eigenvalue weighted by Gasteiger charge is 2.28. The van der Waals surface area contributed by atoms with Gasteiger partial charge in [0.2, 0.25) is 0 Å². The van der Waals surface area contributed by atoms with Crippen molar-refractivity contribution in [1.82, 2.24) is 9.80 Å². The van der Waals surface area contributed by atoms with Crippen molar-refractivity contribution in [3.63, 3.8) is 0 Å². The Morgan fingerprint density at radius 3 is 2.11 bits per heavy atom. The topological polar surface area (TPSA) is 43.9 Å². The van der Waals surface area contributed by atoms with Crippen molar-refractivity contribution in [2.24, 2.45) is 5.92 Å². The maximum Gasteiger partial charge on any atom is 0.268 e. The number of piperidine rings is 1. The summed E-state index contributed by atoms with van der Waals surface area (Å²) in [5.74, 6) is 2.04. The summed E-state index contributed by atoms with van der Waals surface area (Å²) in [5.41, 5.74) is 0.142. The Kier molecular flexibility index (Phi) is 6.04. The van der Waals surface area contributed by atoms with E-state index in [9.17, 15) is 0 Å². The first-order valence-corrected chi connectivity index (χ1v) is 9.79. The molecular formula is C22H28N4O. The van der Waals surface area contributed by atoms with Crippen LogP contribution < -0.4 is 10.4 Å². The molecule has 1 aromatic rings. The highest BCUT2D eigenvalue weighted by Crippen LogP contribution is 2.24. The Balaban J connectivity index is 2.06. The molecule has 2 saturated heterocycles. The van der Waals surface area contributed by atoms with E-state index in [1.807, 2.05) is 18.2 Å². The summed E-state index contributed by atoms with van der Waals surface area (Å²) in [7, 11) is 0. The molecule has 0 aromatic heterocycles. The van der Waals surface area contributed by atoms with Gasteiger partial charge in [-0.05, 0) is 37.8 Å². The third-order valence-corrected chi connectivity index (χ3v) is 5.44. The molecule has 0 amide bonds. The molecule has 1 aromatic carbocycles. The van der Waals surface area contributed by atoms with Crippen LogP contribution in [0.1, 0.15) is 33.6 Å². The van der Waals surface area contributed by atoms with E-state index in [1.165, 1.54) is 18.7 Å². The molecule has 0 bridgehead atoms. The SMILES string of the molecule is [C-]#[N+]C(C#N)=c1ccc(=C(N2CCC(C)CC2)N2CC(C)OC(C)C2)cc1. The normalized spacial score (nSPS) is 23.4. The van der Waals surface area contributed by atoms with E-state index >= 15 is 0 Å². The van der Waals surface area contributed by atoms with Gasteiger partial charge in [-0.25, -0.2) is 10.1 Å². The summed E-state index contributed by atoms with van der Waals surface area (Å²) in [6.45, 7) is 17.6. The zero-order valence-electron chi connectivity index (χ0n) is 16.5. The Morgan fingerprint density at radius 1 is 1.04 bits per heavy atom. The van der Waals surface area contributed by atoms with E-state index in [1.54, 1.807) is 0 Å². The predicted octanol–water partition coefficient (Wildman–Crippen LogP) is 2.14. The largest absolute Gasteiger partial charge is 0.372 e. The minimum absolute atomic E-state index is 0.142. The number of nitriles is 1. The fraction of sp³-hybridized carbons (Fsp3) is 0.545. The second kappa shape index (κ2) is 8.46. The second-order valence-electron chi connectivity index (χ2n) is 7.81. The zero-order valence-corrected chi connectivity index (χ0v) is 16.5. The first-order chi connectivity index (χ1) is 13.0. The Morgan fingerprint density at radius 2 is 1.59 bits per heavy atom. The molecule has 0 saturated carbocycles. The molecule has 0 N–H and O–H groups in total. The number of rotatable bonds is 2. The first kappa shape index (κ1) is 19.3. The number of hydrogen-bond acceptors (Lipinski definition) is 4. The Bertz CT molecular complexity index is 822. The van der Waals surface area contributed by atoms with E-state index in [0.717, 1.165) is 37.3 Å². The van der Waals surface area contributed by atoms with Crippen molar-refractivity contribution in [1.29, 1.82) is 5.26 Å². The van der Waals surface area contributed by atoms with Gasteiger partial charge in [0.1, 0.15) is 5.82 Å². The van der Waals surface area contributed by atoms with Gasteiger partial charge in [-0.3, -0.25) is 0 Å². The van der Waals surface area contributed by atoms with Crippen LogP contribution in [0, 0.1) is 23.8 Å². The lowest BCUT2D eigenvalue weighted by Gasteiger charge is -2.44. The van der Waals surface area contributed by atoms with Crippen LogP contribution in [-0.4, -0.2) is 48.2 Å². The number of benzene rings is 1. The molecule has 2 unspecified atom stereocenters. The van der Waals surface area contributed by atoms with Crippen molar-refractivity contribution in [3.05, 3.63) is 46.1 Å². The first-order valence-electron chi connectivity index (χ1n) is 9.79. The lowest BCUT2D eigenvalue weighted by molar-refractivity contribution is -0.0563. The highest BCUT2D eigenvalue weighted by molar-refractivity contribution is 5.65. The fourth-order valence-corrected chi connectivity index (χ4v) is 4.07. The van der Waals surface area contributed by atoms with Crippen molar-refractivity contribution < 1.29 is 4.74 Å². The van der Waals surface area contributed by atoms with E-state index in [0.29, 0.717) is 5.22 Å². The maximum atomic E-state index is 9.11. The molecule has 0 aliphatic carbocycles. The van der Waals surface area contributed by atoms with Crippen LogP contribution in [0.25, 0.3) is 16.4 Å². The van der Waals surface area contributed by atoms with Crippen LogP contribution >= 0.6 is 0 Å². The third kappa shape index (κ3) is 4.43. The molecule has 5 heteroatoms. The van der Waals surface area contributed by atoms with Crippen molar-refractivity contribution in [3.8, 4) is 6.07 Å². The molecule has 27 heavy (non-hydrogen) atoms. The minimum atomic E-state index is 0.142. The lowest BCUT2D eigenvalue weighted by atomic mass is 9.99. The van der Waals surface area contributed by atoms with Crippen molar-refractivity contribution in [2.75, 3.05) is 26.2 Å². The average Bonchev–Trinajstić information content (AvgIpc) is 2.65. The van der Waals surface area contributed by atoms with Gasteiger partial charge in [0.15, 0.2) is 0 Å². The second-order valence-corrected chi connectivity index (χ2v) is 7.81. The molecule has 3 rings (SSSR count). The van der Waals surface area contributed by atoms with Crippen LogP contribution in [0.5, 0.6) is 0 Å². The Labute approximate surface area is 162 Å². The third-order valence-electron chi connectivity index (χ3n) is 5.44. The van der Waals surface area contributed by atoms with Crippen LogP contribution in [0.3, 0.4) is 0 Å². The quantitative estimate of drug-likeness (QED) is 0.754. The number of ether oxygens (including phenoxy) is 1. The van der Waals surface area contributed by atoms with Gasteiger partial charge in [0, 0.05) is 31.4 Å². The zero-order chi connectivity index (χ0) is 19.4. The standard InChI is InChI=1S/C22H28N4O/c1-16-9-11-25(12-10-16)22(26-14-17(2)27-18(3)15-26)20-7-5-19(6-8-20)21(13-23)24-4/h5-8,16-18H,9-12,14-15H2,1-3H3. The van der Waals surface area contributed by atoms with Gasteiger partial charge >= 0.3 is 0 Å². The van der Waals surface area contributed by atoms with Gasteiger partial charge in [-0.1, -0.05) is 31.2 Å². The van der Waals surface area contributed by atoms with Gasteiger partial charge in [-0.2, -0.15) is 0 Å². The summed E-state index contributed by atoms with van der Waals surface area (Å²) in [6, 6.07) is 9.87. The van der Waals surface area contributed by atoms with Gasteiger partial charge in [-0.15, -0.1) is 0 Å². The van der Waals surface area contributed by atoms with Gasteiger partial charge in [0.25, 0.3) is 5.70 Å². The molecule has 2 aliphatic rings. The number of morpholine rings is 1. The van der Waals surface area contributed by atoms with Crippen LogP contribution in [0.2, 0.25) is 0 Å². The summed E-state index contributed by atoms with van der Waals surface area (Å²) in [4.78, 5) is 8.28. The summed E-state index contributed by atoms with van der Waals surface area (Å²) in [5, 5.41) is 10.9. The van der Waals surface area contributed by atoms with E-state index in [-0.39, 0.29) is 17.9 Å².